The number of esters is 1. The first-order chi connectivity index (χ1) is 17.4. The van der Waals surface area contributed by atoms with Crippen LogP contribution < -0.4 is 10.6 Å². The molecule has 0 fully saturated rings. The summed E-state index contributed by atoms with van der Waals surface area (Å²) < 4.78 is 10.3. The third-order valence-electron chi connectivity index (χ3n) is 4.94. The molecular formula is C27H28N4O5. The Morgan fingerprint density at radius 1 is 0.778 bits per heavy atom. The van der Waals surface area contributed by atoms with Crippen molar-refractivity contribution in [3.8, 4) is 0 Å². The number of hydrogen-bond acceptors (Lipinski definition) is 7. The second kappa shape index (κ2) is 13.4. The van der Waals surface area contributed by atoms with Gasteiger partial charge in [-0.15, -0.1) is 0 Å². The average Bonchev–Trinajstić information content (AvgIpc) is 2.90. The van der Waals surface area contributed by atoms with Crippen LogP contribution in [0.4, 0.5) is 21.9 Å². The van der Waals surface area contributed by atoms with Crippen LogP contribution in [0.3, 0.4) is 0 Å². The molecule has 36 heavy (non-hydrogen) atoms. The molecule has 9 heteroatoms. The van der Waals surface area contributed by atoms with E-state index in [2.05, 4.69) is 20.9 Å². The minimum absolute atomic E-state index is 0.0708. The van der Waals surface area contributed by atoms with Crippen LogP contribution in [-0.4, -0.2) is 30.6 Å². The summed E-state index contributed by atoms with van der Waals surface area (Å²) in [7, 11) is 0. The van der Waals surface area contributed by atoms with Crippen LogP contribution in [0.15, 0.2) is 95.2 Å². The molecule has 1 atom stereocenters. The van der Waals surface area contributed by atoms with Crippen LogP contribution in [0.5, 0.6) is 0 Å². The molecule has 0 aromatic heterocycles. The lowest BCUT2D eigenvalue weighted by Crippen LogP contribution is -2.46. The lowest BCUT2D eigenvalue weighted by atomic mass is 10.1. The molecule has 0 bridgehead atoms. The van der Waals surface area contributed by atoms with Gasteiger partial charge in [-0.3, -0.25) is 4.79 Å². The normalized spacial score (nSPS) is 11.6. The zero-order valence-electron chi connectivity index (χ0n) is 20.1. The molecule has 0 heterocycles. The van der Waals surface area contributed by atoms with Crippen LogP contribution in [0.1, 0.15) is 19.4 Å². The van der Waals surface area contributed by atoms with E-state index in [-0.39, 0.29) is 12.5 Å². The molecule has 9 nitrogen and oxygen atoms in total. The average molecular weight is 489 g/mol. The van der Waals surface area contributed by atoms with Gasteiger partial charge in [0.15, 0.2) is 6.61 Å². The topological polar surface area (TPSA) is 118 Å². The first kappa shape index (κ1) is 26.1. The molecule has 3 aromatic carbocycles. The summed E-state index contributed by atoms with van der Waals surface area (Å²) in [6.07, 6.45) is -0.747. The number of hydrogen-bond donors (Lipinski definition) is 2. The zero-order chi connectivity index (χ0) is 25.8. The van der Waals surface area contributed by atoms with E-state index in [9.17, 15) is 14.4 Å². The van der Waals surface area contributed by atoms with Gasteiger partial charge in [-0.25, -0.2) is 9.59 Å². The number of alkyl carbamates (subject to hydrolysis) is 1. The maximum Gasteiger partial charge on any atom is 0.408 e. The standard InChI is InChI=1S/C27H28N4O5/c1-19(2)25(29-27(34)36-17-20-9-5-3-6-10-20)26(33)35-18-24(32)28-21-13-15-23(16-14-21)31-30-22-11-7-4-8-12-22/h3-16,19,25H,17-18H2,1-2H3,(H,28,32)(H,29,34). The molecule has 1 unspecified atom stereocenters. The smallest absolute Gasteiger partial charge is 0.408 e. The Hall–Kier alpha value is -4.53. The Labute approximate surface area is 209 Å². The van der Waals surface area contributed by atoms with E-state index in [1.54, 1.807) is 38.1 Å². The second-order valence-electron chi connectivity index (χ2n) is 8.17. The number of rotatable bonds is 10. The van der Waals surface area contributed by atoms with E-state index in [4.69, 9.17) is 9.47 Å². The van der Waals surface area contributed by atoms with Crippen LogP contribution >= 0.6 is 0 Å². The molecule has 3 aromatic rings. The van der Waals surface area contributed by atoms with Crippen molar-refractivity contribution in [2.75, 3.05) is 11.9 Å². The summed E-state index contributed by atoms with van der Waals surface area (Å²) in [5, 5.41) is 13.4. The van der Waals surface area contributed by atoms with Crippen LogP contribution in [0.2, 0.25) is 0 Å². The maximum absolute atomic E-state index is 12.5. The van der Waals surface area contributed by atoms with Gasteiger partial charge in [-0.05, 0) is 47.9 Å². The van der Waals surface area contributed by atoms with E-state index in [0.29, 0.717) is 11.4 Å². The van der Waals surface area contributed by atoms with Crippen LogP contribution in [0, 0.1) is 5.92 Å². The fraction of sp³-hybridized carbons (Fsp3) is 0.222. The zero-order valence-corrected chi connectivity index (χ0v) is 20.1. The first-order valence-corrected chi connectivity index (χ1v) is 11.4. The van der Waals surface area contributed by atoms with E-state index in [1.165, 1.54) is 0 Å². The van der Waals surface area contributed by atoms with Gasteiger partial charge < -0.3 is 20.1 Å². The van der Waals surface area contributed by atoms with Gasteiger partial charge in [0, 0.05) is 5.69 Å². The largest absolute Gasteiger partial charge is 0.454 e. The predicted molar refractivity (Wildman–Crippen MR) is 135 cm³/mol. The number of anilines is 1. The SMILES string of the molecule is CC(C)C(NC(=O)OCc1ccccc1)C(=O)OCC(=O)Nc1ccc(N=Nc2ccccc2)cc1. The molecule has 3 rings (SSSR count). The second-order valence-corrected chi connectivity index (χ2v) is 8.17. The molecule has 2 amide bonds. The monoisotopic (exact) mass is 488 g/mol. The Kier molecular flexibility index (Phi) is 9.69. The fourth-order valence-electron chi connectivity index (χ4n) is 3.03. The van der Waals surface area contributed by atoms with Crippen molar-refractivity contribution < 1.29 is 23.9 Å². The van der Waals surface area contributed by atoms with E-state index in [1.807, 2.05) is 60.7 Å². The summed E-state index contributed by atoms with van der Waals surface area (Å²) in [5.74, 6) is -1.52. The van der Waals surface area contributed by atoms with Gasteiger partial charge in [-0.1, -0.05) is 62.4 Å². The van der Waals surface area contributed by atoms with Crippen molar-refractivity contribution in [3.05, 3.63) is 90.5 Å². The third kappa shape index (κ3) is 8.68. The minimum atomic E-state index is -0.963. The van der Waals surface area contributed by atoms with Crippen molar-refractivity contribution in [1.29, 1.82) is 0 Å². The number of nitrogens with zero attached hydrogens (tertiary/aromatic N) is 2. The van der Waals surface area contributed by atoms with Crippen molar-refractivity contribution in [1.82, 2.24) is 5.32 Å². The highest BCUT2D eigenvalue weighted by Crippen LogP contribution is 2.20. The number of ether oxygens (including phenoxy) is 2. The summed E-state index contributed by atoms with van der Waals surface area (Å²) in [4.78, 5) is 36.9. The van der Waals surface area contributed by atoms with Gasteiger partial charge in [0.25, 0.3) is 5.91 Å². The van der Waals surface area contributed by atoms with Crippen molar-refractivity contribution in [2.45, 2.75) is 26.5 Å². The molecule has 2 N–H and O–H groups in total. The lowest BCUT2D eigenvalue weighted by molar-refractivity contribution is -0.150. The molecule has 0 aliphatic heterocycles. The molecule has 0 saturated heterocycles. The maximum atomic E-state index is 12.5. The van der Waals surface area contributed by atoms with E-state index in [0.717, 1.165) is 11.3 Å². The minimum Gasteiger partial charge on any atom is -0.454 e. The summed E-state index contributed by atoms with van der Waals surface area (Å²) in [6, 6.07) is 24.3. The fourth-order valence-corrected chi connectivity index (χ4v) is 3.03. The molecule has 0 saturated carbocycles. The summed E-state index contributed by atoms with van der Waals surface area (Å²) in [5.41, 5.74) is 2.68. The van der Waals surface area contributed by atoms with Crippen LogP contribution in [-0.2, 0) is 25.7 Å². The van der Waals surface area contributed by atoms with Crippen molar-refractivity contribution in [3.63, 3.8) is 0 Å². The van der Waals surface area contributed by atoms with Crippen molar-refractivity contribution in [2.24, 2.45) is 16.1 Å². The van der Waals surface area contributed by atoms with Gasteiger partial charge in [0.1, 0.15) is 12.6 Å². The molecule has 0 spiro atoms. The van der Waals surface area contributed by atoms with E-state index >= 15 is 0 Å². The quantitative estimate of drug-likeness (QED) is 0.287. The highest BCUT2D eigenvalue weighted by molar-refractivity contribution is 5.93. The van der Waals surface area contributed by atoms with Crippen LogP contribution in [0.25, 0.3) is 0 Å². The number of benzene rings is 3. The van der Waals surface area contributed by atoms with E-state index < -0.39 is 30.6 Å². The van der Waals surface area contributed by atoms with Gasteiger partial charge in [0.2, 0.25) is 0 Å². The molecule has 186 valence electrons. The Bertz CT molecular complexity index is 1170. The number of amides is 2. The predicted octanol–water partition coefficient (Wildman–Crippen LogP) is 5.53. The Morgan fingerprint density at radius 2 is 1.36 bits per heavy atom. The first-order valence-electron chi connectivity index (χ1n) is 11.4. The molecular weight excluding hydrogens is 460 g/mol. The molecule has 0 aliphatic rings. The Balaban J connectivity index is 1.44. The number of azo groups is 1. The summed E-state index contributed by atoms with van der Waals surface area (Å²) in [6.45, 7) is 3.07. The Morgan fingerprint density at radius 3 is 1.97 bits per heavy atom. The number of carbonyl (C=O) groups is 3. The highest BCUT2D eigenvalue weighted by Gasteiger charge is 2.27. The summed E-state index contributed by atoms with van der Waals surface area (Å²) >= 11 is 0. The molecule has 0 radical (unpaired) electrons. The molecule has 0 aliphatic carbocycles. The van der Waals surface area contributed by atoms with Gasteiger partial charge >= 0.3 is 12.1 Å². The number of carbonyl (C=O) groups excluding carboxylic acids is 3. The van der Waals surface area contributed by atoms with Gasteiger partial charge in [0.05, 0.1) is 11.4 Å². The lowest BCUT2D eigenvalue weighted by Gasteiger charge is -2.20. The van der Waals surface area contributed by atoms with Crippen molar-refractivity contribution >= 4 is 35.0 Å². The number of nitrogens with one attached hydrogen (secondary N) is 2. The van der Waals surface area contributed by atoms with Gasteiger partial charge in [-0.2, -0.15) is 10.2 Å². The third-order valence-corrected chi connectivity index (χ3v) is 4.94. The highest BCUT2D eigenvalue weighted by atomic mass is 16.6.